The molecule has 3 aliphatic heterocycles. The number of nitrogens with zero attached hydrogens (tertiary/aromatic N) is 9. The van der Waals surface area contributed by atoms with Gasteiger partial charge in [0.05, 0.1) is 25.6 Å². The SMILES string of the molecule is CCO[C@@H]1C[C@H]2C(=O)NC3(CCC3)C(=O)N(C)[C@@H](C3CCCC3)C(=O)N(C)[C@H](C(=O)N(C)C)CC(=O)N(C)[C@@H](CC)C(=O)N[C@@H]([C@@H](C)CC)C(=O)N(C)CC(=O)N(C)[C@H]3CCCCCN(C3=O)[C@@H](CC3CCC(F)CC3Cl)C(=O)N(C)CC(=O)N[C@@H](CCC3CC(F)C(C(F)(F)F)C(F)C3)C(=O)N2C1. The van der Waals surface area contributed by atoms with Gasteiger partial charge >= 0.3 is 6.18 Å². The van der Waals surface area contributed by atoms with Gasteiger partial charge in [-0.2, -0.15) is 13.2 Å². The van der Waals surface area contributed by atoms with E-state index in [-0.39, 0.29) is 83.9 Å². The Labute approximate surface area is 612 Å². The molecule has 3 N–H and O–H groups in total. The average molecular weight is 1500 g/mol. The fourth-order valence-electron chi connectivity index (χ4n) is 16.7. The molecule has 1 spiro atoms. The molecule has 3 heterocycles. The van der Waals surface area contributed by atoms with Gasteiger partial charge in [0, 0.05) is 87.9 Å². The van der Waals surface area contributed by atoms with Gasteiger partial charge in [-0.3, -0.25) is 57.5 Å². The molecule has 7 fully saturated rings. The van der Waals surface area contributed by atoms with Crippen LogP contribution >= 0.6 is 11.6 Å². The smallest absolute Gasteiger partial charge is 0.377 e. The molecule has 0 aromatic rings. The van der Waals surface area contributed by atoms with E-state index in [1.165, 1.54) is 76.0 Å². The molecule has 4 aliphatic carbocycles. The van der Waals surface area contributed by atoms with Crippen molar-refractivity contribution in [3.63, 3.8) is 0 Å². The highest BCUT2D eigenvalue weighted by molar-refractivity contribution is 6.21. The minimum Gasteiger partial charge on any atom is -0.377 e. The quantitative estimate of drug-likeness (QED) is 0.165. The Morgan fingerprint density at radius 2 is 1.29 bits per heavy atom. The van der Waals surface area contributed by atoms with Crippen LogP contribution in [0.5, 0.6) is 0 Å². The van der Waals surface area contributed by atoms with E-state index in [0.29, 0.717) is 57.8 Å². The van der Waals surface area contributed by atoms with Crippen molar-refractivity contribution >= 4 is 82.5 Å². The normalized spacial score (nSPS) is 33.1. The van der Waals surface area contributed by atoms with Crippen molar-refractivity contribution in [1.82, 2.24) is 60.0 Å². The standard InChI is InChI=1S/C72H113ClF6N12O13/c1-13-41(4)60-68(101)85(8)40-58(94)87(10)52-24-17-16-20-31-90(67(52)100)55(34-44-26-27-45(74)35-47(44)73)66(99)84(7)39-56(92)80-50(28-25-42-32-48(75)59(49(76)33-42)72(77,78)79)64(97)91-38-46(104-15-3)36-53(91)63(96)82-71(29-21-30-71)70(103)89(12)61(43-22-18-19-23-43)69(102)88(11)54(65(98)83(5)6)37-57(93)86(9)51(14-2)62(95)81-60/h41-55,59-61H,13-40H2,1-12H3,(H,80,92)(H,81,95)(H,82,96)/t41-,42?,44?,45?,46+,47?,48?,49?,50-,51-,52-,53-,54-,55-,59?,60-,61-/m0/s1. The van der Waals surface area contributed by atoms with Crippen molar-refractivity contribution in [3.05, 3.63) is 0 Å². The van der Waals surface area contributed by atoms with E-state index in [1.807, 2.05) is 0 Å². The summed E-state index contributed by atoms with van der Waals surface area (Å²) in [5, 5.41) is 7.65. The Hall–Kier alpha value is -6.53. The first kappa shape index (κ1) is 84.7. The molecule has 12 amide bonds. The number of alkyl halides is 7. The van der Waals surface area contributed by atoms with Crippen LogP contribution in [0, 0.1) is 29.6 Å². The molecule has 104 heavy (non-hydrogen) atoms. The minimum absolute atomic E-state index is 0.0137. The zero-order chi connectivity index (χ0) is 77.1. The fourth-order valence-corrected chi connectivity index (χ4v) is 17.1. The lowest BCUT2D eigenvalue weighted by atomic mass is 9.74. The van der Waals surface area contributed by atoms with Crippen molar-refractivity contribution in [2.24, 2.45) is 29.6 Å². The Bertz CT molecular complexity index is 3070. The number of rotatable bonds is 12. The van der Waals surface area contributed by atoms with E-state index in [4.69, 9.17) is 16.3 Å². The summed E-state index contributed by atoms with van der Waals surface area (Å²) in [4.78, 5) is 191. The summed E-state index contributed by atoms with van der Waals surface area (Å²) in [5.74, 6) is -14.5. The van der Waals surface area contributed by atoms with Gasteiger partial charge in [0.25, 0.3) is 0 Å². The number of hydrogen-bond donors (Lipinski definition) is 3. The van der Waals surface area contributed by atoms with Crippen LogP contribution in [-0.2, 0) is 62.3 Å². The number of halogens is 7. The highest BCUT2D eigenvalue weighted by Gasteiger charge is 2.56. The van der Waals surface area contributed by atoms with Crippen LogP contribution in [0.2, 0.25) is 0 Å². The molecule has 0 aromatic carbocycles. The summed E-state index contributed by atoms with van der Waals surface area (Å²) in [7, 11) is 11.1. The molecule has 3 saturated heterocycles. The lowest BCUT2D eigenvalue weighted by Crippen LogP contribution is -2.68. The molecule has 588 valence electrons. The zero-order valence-corrected chi connectivity index (χ0v) is 63.4. The summed E-state index contributed by atoms with van der Waals surface area (Å²) in [6.45, 7) is 5.29. The van der Waals surface area contributed by atoms with Crippen LogP contribution in [0.4, 0.5) is 26.3 Å². The van der Waals surface area contributed by atoms with Crippen LogP contribution in [0.15, 0.2) is 0 Å². The van der Waals surface area contributed by atoms with Gasteiger partial charge in [-0.15, -0.1) is 11.6 Å². The van der Waals surface area contributed by atoms with E-state index in [0.717, 1.165) is 24.5 Å². The summed E-state index contributed by atoms with van der Waals surface area (Å²) in [6.07, 6.45) is -10.5. The number of hydrogen-bond acceptors (Lipinski definition) is 13. The molecule has 7 aliphatic rings. The van der Waals surface area contributed by atoms with Gasteiger partial charge in [0.2, 0.25) is 70.9 Å². The lowest BCUT2D eigenvalue weighted by Gasteiger charge is -2.46. The minimum atomic E-state index is -5.19. The van der Waals surface area contributed by atoms with E-state index < -0.39 is 229 Å². The van der Waals surface area contributed by atoms with E-state index in [1.54, 1.807) is 27.7 Å². The van der Waals surface area contributed by atoms with Gasteiger partial charge in [-0.1, -0.05) is 52.9 Å². The molecule has 0 aromatic heterocycles. The fraction of sp³-hybridized carbons (Fsp3) is 0.833. The summed E-state index contributed by atoms with van der Waals surface area (Å²) < 4.78 is 93.7. The summed E-state index contributed by atoms with van der Waals surface area (Å²) >= 11 is 6.86. The van der Waals surface area contributed by atoms with Crippen molar-refractivity contribution in [1.29, 1.82) is 0 Å². The molecular weight excluding hydrogens is 1390 g/mol. The molecule has 7 rings (SSSR count). The van der Waals surface area contributed by atoms with E-state index in [9.17, 15) is 46.3 Å². The third-order valence-electron chi connectivity index (χ3n) is 23.4. The summed E-state index contributed by atoms with van der Waals surface area (Å²) in [6, 6.07) is -10.9. The number of fused-ring (bicyclic) bond motifs is 3. The molecule has 2 bridgehead atoms. The monoisotopic (exact) mass is 1500 g/mol. The third-order valence-corrected chi connectivity index (χ3v) is 24.0. The topological polar surface area (TPSA) is 279 Å². The van der Waals surface area contributed by atoms with E-state index >= 15 is 37.5 Å². The van der Waals surface area contributed by atoms with Crippen LogP contribution in [0.1, 0.15) is 175 Å². The molecule has 5 unspecified atom stereocenters. The molecule has 4 saturated carbocycles. The van der Waals surface area contributed by atoms with Gasteiger partial charge in [-0.05, 0) is 133 Å². The highest BCUT2D eigenvalue weighted by Crippen LogP contribution is 2.45. The first-order valence-electron chi connectivity index (χ1n) is 37.4. The number of amides is 12. The van der Waals surface area contributed by atoms with Gasteiger partial charge in [0.1, 0.15) is 78.3 Å². The second-order valence-corrected chi connectivity index (χ2v) is 31.3. The predicted octanol–water partition coefficient (Wildman–Crippen LogP) is 5.32. The second-order valence-electron chi connectivity index (χ2n) is 30.7. The average Bonchev–Trinajstić information content (AvgIpc) is 1.21. The molecule has 15 atom stereocenters. The van der Waals surface area contributed by atoms with Crippen LogP contribution < -0.4 is 16.0 Å². The first-order valence-corrected chi connectivity index (χ1v) is 37.9. The van der Waals surface area contributed by atoms with Gasteiger partial charge in [0.15, 0.2) is 0 Å². The van der Waals surface area contributed by atoms with E-state index in [2.05, 4.69) is 16.0 Å². The number of ether oxygens (including phenoxy) is 1. The molecule has 25 nitrogen and oxygen atoms in total. The Kier molecular flexibility index (Phi) is 30.0. The van der Waals surface area contributed by atoms with Crippen LogP contribution in [0.3, 0.4) is 0 Å². The largest absolute Gasteiger partial charge is 0.397 e. The number of nitrogens with one attached hydrogen (secondary N) is 3. The Balaban J connectivity index is 1.31. The number of carbonyl (C=O) groups is 12. The zero-order valence-electron chi connectivity index (χ0n) is 62.7. The van der Waals surface area contributed by atoms with Crippen LogP contribution in [-0.4, -0.2) is 294 Å². The van der Waals surface area contributed by atoms with Gasteiger partial charge < -0.3 is 64.8 Å². The first-order chi connectivity index (χ1) is 48.9. The van der Waals surface area contributed by atoms with Gasteiger partial charge in [-0.25, -0.2) is 13.2 Å². The van der Waals surface area contributed by atoms with Crippen molar-refractivity contribution in [3.8, 4) is 0 Å². The maximum absolute atomic E-state index is 15.5. The predicted molar refractivity (Wildman–Crippen MR) is 372 cm³/mol. The maximum Gasteiger partial charge on any atom is 0.397 e. The Morgan fingerprint density at radius 3 is 1.87 bits per heavy atom. The molecule has 32 heteroatoms. The lowest BCUT2D eigenvalue weighted by molar-refractivity contribution is -0.219. The Morgan fingerprint density at radius 1 is 0.654 bits per heavy atom. The number of likely N-dealkylation sites (N-methyl/N-ethyl adjacent to an activating group) is 7. The third kappa shape index (κ3) is 20.0. The van der Waals surface area contributed by atoms with Crippen molar-refractivity contribution in [2.45, 2.75) is 265 Å². The second kappa shape index (κ2) is 36.9. The number of carbonyl (C=O) groups excluding carboxylic acids is 12. The summed E-state index contributed by atoms with van der Waals surface area (Å²) in [5.41, 5.74) is -1.66. The van der Waals surface area contributed by atoms with Crippen molar-refractivity contribution in [2.75, 3.05) is 89.2 Å². The van der Waals surface area contributed by atoms with Crippen molar-refractivity contribution < 1.29 is 88.6 Å². The maximum atomic E-state index is 15.5. The van der Waals surface area contributed by atoms with Crippen LogP contribution in [0.25, 0.3) is 0 Å². The highest BCUT2D eigenvalue weighted by atomic mass is 35.5. The molecular formula is C72H113ClF6N12O13. The molecule has 0 radical (unpaired) electrons.